The number of guanidine groups is 1. The van der Waals surface area contributed by atoms with Gasteiger partial charge in [0.05, 0.1) is 26.1 Å². The van der Waals surface area contributed by atoms with Crippen LogP contribution < -0.4 is 11.1 Å². The Bertz CT molecular complexity index is 919. The Morgan fingerprint density at radius 2 is 2.11 bits per heavy atom. The highest BCUT2D eigenvalue weighted by molar-refractivity contribution is 7.89. The van der Waals surface area contributed by atoms with Crippen LogP contribution in [-0.2, 0) is 20.3 Å². The van der Waals surface area contributed by atoms with Crippen LogP contribution in [0.1, 0.15) is 37.4 Å². The van der Waals surface area contributed by atoms with E-state index in [1.807, 2.05) is 0 Å². The molecule has 0 spiro atoms. The van der Waals surface area contributed by atoms with E-state index >= 15 is 0 Å². The van der Waals surface area contributed by atoms with Gasteiger partial charge in [-0.15, -0.1) is 16.3 Å². The summed E-state index contributed by atoms with van der Waals surface area (Å²) in [4.78, 5) is 16.7. The second-order valence-corrected chi connectivity index (χ2v) is 10.8. The van der Waals surface area contributed by atoms with E-state index in [0.29, 0.717) is 9.75 Å². The molecule has 0 aliphatic carbocycles. The molecule has 1 amide bonds. The van der Waals surface area contributed by atoms with Crippen LogP contribution in [0.4, 0.5) is 4.79 Å². The third-order valence-corrected chi connectivity index (χ3v) is 7.41. The summed E-state index contributed by atoms with van der Waals surface area (Å²) in [5.41, 5.74) is 3.56. The van der Waals surface area contributed by atoms with Crippen molar-refractivity contribution in [1.82, 2.24) is 9.62 Å². The summed E-state index contributed by atoms with van der Waals surface area (Å²) in [5.74, 6) is -0.663. The van der Waals surface area contributed by atoms with E-state index in [4.69, 9.17) is 27.5 Å². The second kappa shape index (κ2) is 6.95. The lowest BCUT2D eigenvalue weighted by atomic mass is 10.0. The molecule has 2 rings (SSSR count). The van der Waals surface area contributed by atoms with Crippen molar-refractivity contribution in [2.75, 3.05) is 12.8 Å². The molecule has 1 aliphatic rings. The molecule has 1 aromatic rings. The highest BCUT2D eigenvalue weighted by Crippen LogP contribution is 2.38. The topological polar surface area (TPSA) is 138 Å². The molecular formula is C15H22ClN5O4S2. The van der Waals surface area contributed by atoms with Crippen LogP contribution in [0.25, 0.3) is 0 Å². The molecule has 0 bridgehead atoms. The Hall–Kier alpha value is -1.85. The van der Waals surface area contributed by atoms with Gasteiger partial charge in [0.1, 0.15) is 11.4 Å². The first-order chi connectivity index (χ1) is 12.1. The molecule has 1 aliphatic heterocycles. The molecular weight excluding hydrogens is 414 g/mol. The van der Waals surface area contributed by atoms with Gasteiger partial charge in [0.15, 0.2) is 0 Å². The lowest BCUT2D eigenvalue weighted by molar-refractivity contribution is 0.0602. The molecule has 1 atom stereocenters. The number of ether oxygens (including phenoxy) is 1. The number of carbonyl (C=O) groups is 1. The summed E-state index contributed by atoms with van der Waals surface area (Å²) in [5, 5.41) is 10.8. The van der Waals surface area contributed by atoms with Crippen molar-refractivity contribution >= 4 is 50.8 Å². The molecule has 150 valence electrons. The van der Waals surface area contributed by atoms with Gasteiger partial charge in [-0.2, -0.15) is 0 Å². The van der Waals surface area contributed by atoms with Gasteiger partial charge in [-0.05, 0) is 33.8 Å². The van der Waals surface area contributed by atoms with Crippen LogP contribution in [0.15, 0.2) is 11.1 Å². The van der Waals surface area contributed by atoms with E-state index in [0.717, 1.165) is 15.6 Å². The smallest absolute Gasteiger partial charge is 0.437 e. The molecule has 12 heteroatoms. The first kappa shape index (κ1) is 21.5. The Morgan fingerprint density at radius 1 is 1.52 bits per heavy atom. The number of nitrogens with zero attached hydrogens (tertiary/aromatic N) is 2. The van der Waals surface area contributed by atoms with Crippen molar-refractivity contribution in [3.63, 3.8) is 0 Å². The largest absolute Gasteiger partial charge is 0.442 e. The van der Waals surface area contributed by atoms with Gasteiger partial charge >= 0.3 is 6.09 Å². The van der Waals surface area contributed by atoms with E-state index in [2.05, 4.69) is 10.3 Å². The molecule has 9 nitrogen and oxygen atoms in total. The maximum atomic E-state index is 12.6. The number of aliphatic imine (C=N–C) groups is 1. The average Bonchev–Trinajstić information content (AvgIpc) is 2.85. The van der Waals surface area contributed by atoms with Gasteiger partial charge in [-0.3, -0.25) is 5.41 Å². The van der Waals surface area contributed by atoms with E-state index in [9.17, 15) is 13.2 Å². The lowest BCUT2D eigenvalue weighted by Crippen LogP contribution is -2.61. The summed E-state index contributed by atoms with van der Waals surface area (Å²) >= 11 is 7.37. The average molecular weight is 436 g/mol. The van der Waals surface area contributed by atoms with Gasteiger partial charge in [0.2, 0.25) is 16.0 Å². The first-order valence-corrected chi connectivity index (χ1v) is 10.7. The Labute approximate surface area is 167 Å². The molecule has 1 aromatic heterocycles. The number of halogens is 1. The van der Waals surface area contributed by atoms with Crippen LogP contribution in [0, 0.1) is 5.41 Å². The first-order valence-electron chi connectivity index (χ1n) is 7.85. The van der Waals surface area contributed by atoms with Gasteiger partial charge in [0.25, 0.3) is 0 Å². The van der Waals surface area contributed by atoms with Crippen molar-refractivity contribution in [3.8, 4) is 0 Å². The van der Waals surface area contributed by atoms with Gasteiger partial charge in [0, 0.05) is 7.05 Å². The summed E-state index contributed by atoms with van der Waals surface area (Å²) < 4.78 is 31.3. The molecule has 1 saturated heterocycles. The van der Waals surface area contributed by atoms with Crippen LogP contribution >= 0.6 is 22.9 Å². The predicted octanol–water partition coefficient (Wildman–Crippen LogP) is 2.06. The zero-order valence-electron chi connectivity index (χ0n) is 15.6. The van der Waals surface area contributed by atoms with Crippen molar-refractivity contribution < 1.29 is 17.9 Å². The number of amidine groups is 1. The normalized spacial score (nSPS) is 23.8. The zero-order chi connectivity index (χ0) is 20.8. The van der Waals surface area contributed by atoms with Crippen molar-refractivity contribution in [2.45, 2.75) is 38.8 Å². The van der Waals surface area contributed by atoms with Crippen molar-refractivity contribution in [1.29, 1.82) is 5.41 Å². The Kier molecular flexibility index (Phi) is 5.52. The van der Waals surface area contributed by atoms with Crippen molar-refractivity contribution in [3.05, 3.63) is 20.8 Å². The van der Waals surface area contributed by atoms with Crippen LogP contribution in [0.2, 0.25) is 5.02 Å². The van der Waals surface area contributed by atoms with Crippen LogP contribution in [0.3, 0.4) is 0 Å². The number of carbonyl (C=O) groups excluding carboxylic acids is 1. The third-order valence-electron chi connectivity index (χ3n) is 3.62. The number of hydrogen-bond donors (Lipinski definition) is 3. The van der Waals surface area contributed by atoms with E-state index in [-0.39, 0.29) is 22.6 Å². The number of nitrogen functional groups attached to an aromatic ring is 1. The minimum Gasteiger partial charge on any atom is -0.442 e. The minimum absolute atomic E-state index is 0.171. The quantitative estimate of drug-likeness (QED) is 0.480. The Balaban J connectivity index is 2.48. The monoisotopic (exact) mass is 435 g/mol. The number of sulfonamides is 1. The van der Waals surface area contributed by atoms with Gasteiger partial charge in [-0.25, -0.2) is 17.5 Å². The molecule has 0 radical (unpaired) electrons. The summed E-state index contributed by atoms with van der Waals surface area (Å²) in [6, 6.07) is 1.51. The van der Waals surface area contributed by atoms with Crippen molar-refractivity contribution in [2.24, 2.45) is 10.7 Å². The number of nitrogens with one attached hydrogen (secondary N) is 2. The number of thiophene rings is 1. The third kappa shape index (κ3) is 4.71. The lowest BCUT2D eigenvalue weighted by Gasteiger charge is -2.39. The maximum absolute atomic E-state index is 12.6. The second-order valence-electron chi connectivity index (χ2n) is 7.30. The van der Waals surface area contributed by atoms with Crippen LogP contribution in [-0.4, -0.2) is 49.0 Å². The highest BCUT2D eigenvalue weighted by Gasteiger charge is 2.45. The van der Waals surface area contributed by atoms with Crippen LogP contribution in [0.5, 0.6) is 0 Å². The molecule has 1 fully saturated rings. The van der Waals surface area contributed by atoms with E-state index < -0.39 is 27.3 Å². The number of rotatable bonds is 2. The molecule has 4 N–H and O–H groups in total. The summed E-state index contributed by atoms with van der Waals surface area (Å²) in [6.07, 6.45) is -0.919. The standard InChI is InChI=1S/C15H22ClN5O4S2/c1-14(2,3)25-13(22)19-12-20-15(4,7-27(23,24)21(12)5)10-8(16)6-9(26-10)11(17)18/h6H,7H2,1-5H3,(H3,17,18)(H,19,20,22)/t15-/m0/s1. The predicted molar refractivity (Wildman–Crippen MR) is 106 cm³/mol. The fourth-order valence-electron chi connectivity index (χ4n) is 2.42. The summed E-state index contributed by atoms with van der Waals surface area (Å²) in [7, 11) is -2.49. The Morgan fingerprint density at radius 3 is 2.59 bits per heavy atom. The van der Waals surface area contributed by atoms with Gasteiger partial charge in [-0.1, -0.05) is 11.6 Å². The molecule has 0 saturated carbocycles. The number of hydrogen-bond acceptors (Lipinski definition) is 6. The number of nitrogens with two attached hydrogens (primary N) is 1. The van der Waals surface area contributed by atoms with E-state index in [1.54, 1.807) is 27.7 Å². The SMILES string of the molecule is CN1/C(=N/C(=O)OC(C)(C)C)N[C@](C)(c2sc(C(=N)N)cc2Cl)CS1(=O)=O. The fourth-order valence-corrected chi connectivity index (χ4v) is 5.52. The summed E-state index contributed by atoms with van der Waals surface area (Å²) in [6.45, 7) is 6.67. The molecule has 27 heavy (non-hydrogen) atoms. The fraction of sp³-hybridized carbons (Fsp3) is 0.533. The maximum Gasteiger partial charge on any atom is 0.437 e. The molecule has 0 unspecified atom stereocenters. The minimum atomic E-state index is -3.79. The zero-order valence-corrected chi connectivity index (χ0v) is 18.0. The molecule has 0 aromatic carbocycles. The molecule has 2 heterocycles. The highest BCUT2D eigenvalue weighted by atomic mass is 35.5. The van der Waals surface area contributed by atoms with Gasteiger partial charge < -0.3 is 15.8 Å². The van der Waals surface area contributed by atoms with E-state index in [1.165, 1.54) is 13.1 Å². The number of amides is 1.